The van der Waals surface area contributed by atoms with Crippen molar-refractivity contribution in [3.05, 3.63) is 53.1 Å². The minimum atomic E-state index is -0.413. The molecule has 0 spiro atoms. The molecule has 1 aliphatic rings. The van der Waals surface area contributed by atoms with Gasteiger partial charge in [-0.25, -0.2) is 0 Å². The Balaban J connectivity index is 2.03. The molecule has 1 fully saturated rings. The Bertz CT molecular complexity index is 951. The van der Waals surface area contributed by atoms with Crippen molar-refractivity contribution in [2.24, 2.45) is 0 Å². The van der Waals surface area contributed by atoms with Gasteiger partial charge < -0.3 is 24.7 Å². The zero-order valence-corrected chi connectivity index (χ0v) is 18.3. The number of nitrogens with zero attached hydrogens (tertiary/aromatic N) is 2. The predicted molar refractivity (Wildman–Crippen MR) is 119 cm³/mol. The average molecular weight is 427 g/mol. The summed E-state index contributed by atoms with van der Waals surface area (Å²) in [6.07, 6.45) is 0.668. The number of phenolic OH excluding ortho intramolecular Hbond substituents is 2. The summed E-state index contributed by atoms with van der Waals surface area (Å²) < 4.78 is 5.34. The van der Waals surface area contributed by atoms with Gasteiger partial charge in [-0.3, -0.25) is 9.59 Å². The standard InChI is InChI=1S/C24H30N2O5/c1-4-9-26(24(30)19-14-18(16(2)3)21(27)15-22(19)28)20-8-6-5-7-17(20)23(29)25-10-12-31-13-11-25/h5-8,14-16,27-28H,4,9-13H2,1-3H3. The Labute approximate surface area is 182 Å². The number of morpholine rings is 1. The Morgan fingerprint density at radius 2 is 1.74 bits per heavy atom. The van der Waals surface area contributed by atoms with Crippen molar-refractivity contribution in [3.8, 4) is 11.5 Å². The lowest BCUT2D eigenvalue weighted by Gasteiger charge is -2.30. The number of ether oxygens (including phenoxy) is 1. The number of aromatic hydroxyl groups is 2. The molecule has 0 saturated carbocycles. The van der Waals surface area contributed by atoms with Crippen LogP contribution in [0.5, 0.6) is 11.5 Å². The maximum absolute atomic E-state index is 13.5. The lowest BCUT2D eigenvalue weighted by atomic mass is 9.98. The van der Waals surface area contributed by atoms with E-state index in [1.54, 1.807) is 29.2 Å². The predicted octanol–water partition coefficient (Wildman–Crippen LogP) is 3.75. The van der Waals surface area contributed by atoms with Crippen molar-refractivity contribution in [1.29, 1.82) is 0 Å². The minimum Gasteiger partial charge on any atom is -0.508 e. The first-order chi connectivity index (χ1) is 14.8. The van der Waals surface area contributed by atoms with Gasteiger partial charge in [0, 0.05) is 25.7 Å². The van der Waals surface area contributed by atoms with Crippen LogP contribution < -0.4 is 4.90 Å². The number of phenols is 2. The number of benzene rings is 2. The molecule has 0 aromatic heterocycles. The molecule has 0 unspecified atom stereocenters. The smallest absolute Gasteiger partial charge is 0.262 e. The minimum absolute atomic E-state index is 0.0260. The zero-order chi connectivity index (χ0) is 22.5. The van der Waals surface area contributed by atoms with Crippen LogP contribution in [0.1, 0.15) is 59.4 Å². The van der Waals surface area contributed by atoms with Crippen LogP contribution in [0.25, 0.3) is 0 Å². The number of rotatable bonds is 6. The lowest BCUT2D eigenvalue weighted by Crippen LogP contribution is -2.42. The van der Waals surface area contributed by atoms with Crippen LogP contribution >= 0.6 is 0 Å². The van der Waals surface area contributed by atoms with Crippen LogP contribution in [0.4, 0.5) is 5.69 Å². The van der Waals surface area contributed by atoms with Crippen molar-refractivity contribution in [2.75, 3.05) is 37.7 Å². The van der Waals surface area contributed by atoms with Gasteiger partial charge in [0.05, 0.1) is 30.0 Å². The molecule has 0 radical (unpaired) electrons. The van der Waals surface area contributed by atoms with E-state index < -0.39 is 5.91 Å². The van der Waals surface area contributed by atoms with Crippen LogP contribution in [-0.4, -0.2) is 59.8 Å². The van der Waals surface area contributed by atoms with Crippen LogP contribution in [0.2, 0.25) is 0 Å². The first kappa shape index (κ1) is 22.6. The molecule has 2 aromatic carbocycles. The SMILES string of the molecule is CCCN(C(=O)c1cc(C(C)C)c(O)cc1O)c1ccccc1C(=O)N1CCOCC1. The second-order valence-corrected chi connectivity index (χ2v) is 7.96. The van der Waals surface area contributed by atoms with Gasteiger partial charge in [0.25, 0.3) is 11.8 Å². The molecule has 0 aliphatic carbocycles. The van der Waals surface area contributed by atoms with Crippen molar-refractivity contribution in [3.63, 3.8) is 0 Å². The molecule has 0 bridgehead atoms. The molecule has 2 amide bonds. The Hall–Kier alpha value is -3.06. The monoisotopic (exact) mass is 426 g/mol. The van der Waals surface area contributed by atoms with E-state index in [4.69, 9.17) is 4.74 Å². The van der Waals surface area contributed by atoms with Crippen LogP contribution in [-0.2, 0) is 4.74 Å². The first-order valence-electron chi connectivity index (χ1n) is 10.7. The third kappa shape index (κ3) is 4.82. The summed E-state index contributed by atoms with van der Waals surface area (Å²) in [4.78, 5) is 30.0. The summed E-state index contributed by atoms with van der Waals surface area (Å²) in [5.41, 5.74) is 1.62. The Kier molecular flexibility index (Phi) is 7.17. The Morgan fingerprint density at radius 1 is 1.06 bits per heavy atom. The summed E-state index contributed by atoms with van der Waals surface area (Å²) in [6, 6.07) is 9.78. The van der Waals surface area contributed by atoms with Gasteiger partial charge in [0.2, 0.25) is 0 Å². The van der Waals surface area contributed by atoms with E-state index in [2.05, 4.69) is 0 Å². The van der Waals surface area contributed by atoms with Gasteiger partial charge in [-0.15, -0.1) is 0 Å². The van der Waals surface area contributed by atoms with E-state index in [-0.39, 0.29) is 28.9 Å². The number of amides is 2. The molecule has 2 aromatic rings. The van der Waals surface area contributed by atoms with E-state index in [1.165, 1.54) is 17.0 Å². The van der Waals surface area contributed by atoms with Gasteiger partial charge in [-0.1, -0.05) is 32.9 Å². The normalized spacial score (nSPS) is 14.0. The summed E-state index contributed by atoms with van der Waals surface area (Å²) in [6.45, 7) is 8.12. The third-order valence-electron chi connectivity index (χ3n) is 5.41. The summed E-state index contributed by atoms with van der Waals surface area (Å²) in [7, 11) is 0. The molecule has 7 heteroatoms. The summed E-state index contributed by atoms with van der Waals surface area (Å²) in [5.74, 6) is -0.921. The molecule has 1 saturated heterocycles. The largest absolute Gasteiger partial charge is 0.508 e. The zero-order valence-electron chi connectivity index (χ0n) is 18.3. The molecular formula is C24H30N2O5. The van der Waals surface area contributed by atoms with Gasteiger partial charge in [-0.2, -0.15) is 0 Å². The first-order valence-corrected chi connectivity index (χ1v) is 10.7. The average Bonchev–Trinajstić information content (AvgIpc) is 2.77. The topological polar surface area (TPSA) is 90.3 Å². The van der Waals surface area contributed by atoms with Gasteiger partial charge >= 0.3 is 0 Å². The van der Waals surface area contributed by atoms with Gasteiger partial charge in [0.15, 0.2) is 0 Å². The molecular weight excluding hydrogens is 396 g/mol. The van der Waals surface area contributed by atoms with Gasteiger partial charge in [0.1, 0.15) is 11.5 Å². The maximum atomic E-state index is 13.5. The summed E-state index contributed by atoms with van der Waals surface area (Å²) >= 11 is 0. The second-order valence-electron chi connectivity index (χ2n) is 7.96. The van der Waals surface area contributed by atoms with E-state index in [1.807, 2.05) is 20.8 Å². The van der Waals surface area contributed by atoms with E-state index in [9.17, 15) is 19.8 Å². The van der Waals surface area contributed by atoms with E-state index >= 15 is 0 Å². The molecule has 2 N–H and O–H groups in total. The van der Waals surface area contributed by atoms with Crippen molar-refractivity contribution in [2.45, 2.75) is 33.1 Å². The fraction of sp³-hybridized carbons (Fsp3) is 0.417. The quantitative estimate of drug-likeness (QED) is 0.734. The van der Waals surface area contributed by atoms with Crippen LogP contribution in [0.3, 0.4) is 0 Å². The second kappa shape index (κ2) is 9.83. The highest BCUT2D eigenvalue weighted by Crippen LogP contribution is 2.34. The number of carbonyl (C=O) groups excluding carboxylic acids is 2. The highest BCUT2D eigenvalue weighted by molar-refractivity contribution is 6.11. The molecule has 166 valence electrons. The van der Waals surface area contributed by atoms with Crippen molar-refractivity contribution in [1.82, 2.24) is 4.90 Å². The number of para-hydroxylation sites is 1. The highest BCUT2D eigenvalue weighted by atomic mass is 16.5. The molecule has 31 heavy (non-hydrogen) atoms. The molecule has 0 atom stereocenters. The highest BCUT2D eigenvalue weighted by Gasteiger charge is 2.28. The number of hydrogen-bond donors (Lipinski definition) is 2. The van der Waals surface area contributed by atoms with Crippen molar-refractivity contribution >= 4 is 17.5 Å². The lowest BCUT2D eigenvalue weighted by molar-refractivity contribution is 0.0303. The fourth-order valence-electron chi connectivity index (χ4n) is 3.75. The van der Waals surface area contributed by atoms with E-state index in [0.717, 1.165) is 0 Å². The number of hydrogen-bond acceptors (Lipinski definition) is 5. The molecule has 1 aliphatic heterocycles. The number of carbonyl (C=O) groups is 2. The molecule has 7 nitrogen and oxygen atoms in total. The van der Waals surface area contributed by atoms with Crippen LogP contribution in [0.15, 0.2) is 36.4 Å². The third-order valence-corrected chi connectivity index (χ3v) is 5.41. The molecule has 3 rings (SSSR count). The number of anilines is 1. The van der Waals surface area contributed by atoms with E-state index in [0.29, 0.717) is 56.1 Å². The maximum Gasteiger partial charge on any atom is 0.262 e. The molecule has 1 heterocycles. The van der Waals surface area contributed by atoms with Crippen LogP contribution in [0, 0.1) is 0 Å². The summed E-state index contributed by atoms with van der Waals surface area (Å²) in [5, 5.41) is 20.6. The van der Waals surface area contributed by atoms with Gasteiger partial charge in [-0.05, 0) is 36.1 Å². The Morgan fingerprint density at radius 3 is 2.39 bits per heavy atom. The fourth-order valence-corrected chi connectivity index (χ4v) is 3.75. The van der Waals surface area contributed by atoms with Crippen molar-refractivity contribution < 1.29 is 24.5 Å².